The zero-order chi connectivity index (χ0) is 14.4. The third kappa shape index (κ3) is 3.95. The zero-order valence-corrected chi connectivity index (χ0v) is 10.8. The van der Waals surface area contributed by atoms with E-state index in [4.69, 9.17) is 9.84 Å². The predicted molar refractivity (Wildman–Crippen MR) is 73.9 cm³/mol. The molecule has 0 spiro atoms. The van der Waals surface area contributed by atoms with Gasteiger partial charge in [0.05, 0.1) is 6.42 Å². The predicted octanol–water partition coefficient (Wildman–Crippen LogP) is 2.71. The van der Waals surface area contributed by atoms with Crippen molar-refractivity contribution in [1.29, 1.82) is 0 Å². The summed E-state index contributed by atoms with van der Waals surface area (Å²) in [6.07, 6.45) is 0.788. The lowest BCUT2D eigenvalue weighted by atomic mass is 10.1. The lowest BCUT2D eigenvalue weighted by Gasteiger charge is -2.07. The van der Waals surface area contributed by atoms with Crippen LogP contribution < -0.4 is 4.74 Å². The molecule has 0 saturated heterocycles. The lowest BCUT2D eigenvalue weighted by molar-refractivity contribution is -0.136. The van der Waals surface area contributed by atoms with Gasteiger partial charge in [-0.2, -0.15) is 0 Å². The fraction of sp³-hybridized carbons (Fsp3) is 0.125. The molecular formula is C16H14O4. The molecule has 1 N–H and O–H groups in total. The van der Waals surface area contributed by atoms with E-state index in [1.807, 2.05) is 12.1 Å². The first-order chi connectivity index (χ1) is 9.67. The normalized spacial score (nSPS) is 10.0. The van der Waals surface area contributed by atoms with Crippen molar-refractivity contribution in [3.63, 3.8) is 0 Å². The van der Waals surface area contributed by atoms with Gasteiger partial charge in [-0.05, 0) is 23.3 Å². The van der Waals surface area contributed by atoms with Crippen LogP contribution in [0.15, 0.2) is 48.5 Å². The minimum atomic E-state index is -0.848. The molecule has 2 rings (SSSR count). The van der Waals surface area contributed by atoms with Crippen molar-refractivity contribution in [2.45, 2.75) is 13.0 Å². The van der Waals surface area contributed by atoms with Crippen molar-refractivity contribution in [2.75, 3.05) is 0 Å². The van der Waals surface area contributed by atoms with Crippen LogP contribution in [0.3, 0.4) is 0 Å². The Morgan fingerprint density at radius 3 is 2.45 bits per heavy atom. The SMILES string of the molecule is O=Cc1cccc(OCc2ccc(CC(=O)O)cc2)c1. The minimum Gasteiger partial charge on any atom is -0.489 e. The van der Waals surface area contributed by atoms with Crippen LogP contribution >= 0.6 is 0 Å². The van der Waals surface area contributed by atoms with Crippen molar-refractivity contribution in [3.05, 3.63) is 65.2 Å². The van der Waals surface area contributed by atoms with E-state index in [0.29, 0.717) is 17.9 Å². The third-order valence-corrected chi connectivity index (χ3v) is 2.78. The third-order valence-electron chi connectivity index (χ3n) is 2.78. The van der Waals surface area contributed by atoms with Crippen LogP contribution in [0.25, 0.3) is 0 Å². The molecule has 2 aromatic rings. The van der Waals surface area contributed by atoms with Gasteiger partial charge in [-0.3, -0.25) is 9.59 Å². The molecule has 0 aromatic heterocycles. The number of benzene rings is 2. The number of hydrogen-bond donors (Lipinski definition) is 1. The van der Waals surface area contributed by atoms with E-state index in [1.165, 1.54) is 0 Å². The highest BCUT2D eigenvalue weighted by molar-refractivity contribution is 5.75. The first-order valence-corrected chi connectivity index (χ1v) is 6.15. The van der Waals surface area contributed by atoms with Crippen LogP contribution in [-0.2, 0) is 17.8 Å². The maximum atomic E-state index is 10.7. The quantitative estimate of drug-likeness (QED) is 0.820. The second kappa shape index (κ2) is 6.52. The van der Waals surface area contributed by atoms with Gasteiger partial charge >= 0.3 is 5.97 Å². The smallest absolute Gasteiger partial charge is 0.307 e. The second-order valence-corrected chi connectivity index (χ2v) is 4.37. The fourth-order valence-electron chi connectivity index (χ4n) is 1.77. The molecule has 0 atom stereocenters. The highest BCUT2D eigenvalue weighted by Crippen LogP contribution is 2.14. The Morgan fingerprint density at radius 1 is 1.10 bits per heavy atom. The summed E-state index contributed by atoms with van der Waals surface area (Å²) in [4.78, 5) is 21.2. The van der Waals surface area contributed by atoms with Gasteiger partial charge in [0.1, 0.15) is 18.6 Å². The summed E-state index contributed by atoms with van der Waals surface area (Å²) in [5.41, 5.74) is 2.26. The van der Waals surface area contributed by atoms with Gasteiger partial charge in [0.15, 0.2) is 0 Å². The Balaban J connectivity index is 1.96. The van der Waals surface area contributed by atoms with Crippen LogP contribution in [-0.4, -0.2) is 17.4 Å². The summed E-state index contributed by atoms with van der Waals surface area (Å²) < 4.78 is 5.58. The Kier molecular flexibility index (Phi) is 4.50. The van der Waals surface area contributed by atoms with Crippen LogP contribution in [0.2, 0.25) is 0 Å². The maximum Gasteiger partial charge on any atom is 0.307 e. The molecule has 4 nitrogen and oxygen atoms in total. The van der Waals surface area contributed by atoms with E-state index < -0.39 is 5.97 Å². The van der Waals surface area contributed by atoms with Crippen molar-refractivity contribution >= 4 is 12.3 Å². The van der Waals surface area contributed by atoms with Crippen LogP contribution in [0.4, 0.5) is 0 Å². The molecule has 0 aliphatic carbocycles. The Bertz CT molecular complexity index is 602. The van der Waals surface area contributed by atoms with E-state index in [2.05, 4.69) is 0 Å². The van der Waals surface area contributed by atoms with Gasteiger partial charge < -0.3 is 9.84 Å². The number of rotatable bonds is 6. The highest BCUT2D eigenvalue weighted by atomic mass is 16.5. The van der Waals surface area contributed by atoms with Crippen LogP contribution in [0, 0.1) is 0 Å². The van der Waals surface area contributed by atoms with Crippen LogP contribution in [0.5, 0.6) is 5.75 Å². The van der Waals surface area contributed by atoms with Gasteiger partial charge in [0, 0.05) is 5.56 Å². The average molecular weight is 270 g/mol. The molecule has 0 fully saturated rings. The Hall–Kier alpha value is -2.62. The Labute approximate surface area is 116 Å². The topological polar surface area (TPSA) is 63.6 Å². The maximum absolute atomic E-state index is 10.7. The van der Waals surface area contributed by atoms with E-state index in [9.17, 15) is 9.59 Å². The largest absolute Gasteiger partial charge is 0.489 e. The van der Waals surface area contributed by atoms with E-state index in [1.54, 1.807) is 36.4 Å². The molecule has 2 aromatic carbocycles. The molecule has 0 saturated carbocycles. The zero-order valence-electron chi connectivity index (χ0n) is 10.8. The van der Waals surface area contributed by atoms with Crippen LogP contribution in [0.1, 0.15) is 21.5 Å². The first-order valence-electron chi connectivity index (χ1n) is 6.15. The number of ether oxygens (including phenoxy) is 1. The molecule has 0 unspecified atom stereocenters. The molecular weight excluding hydrogens is 256 g/mol. The van der Waals surface area contributed by atoms with Gasteiger partial charge in [0.2, 0.25) is 0 Å². The number of carboxylic acids is 1. The number of aliphatic carboxylic acids is 1. The van der Waals surface area contributed by atoms with Crippen molar-refractivity contribution < 1.29 is 19.4 Å². The number of aldehydes is 1. The molecule has 0 aliphatic rings. The molecule has 0 heterocycles. The Morgan fingerprint density at radius 2 is 1.80 bits per heavy atom. The fourth-order valence-corrected chi connectivity index (χ4v) is 1.77. The summed E-state index contributed by atoms with van der Waals surface area (Å²) in [7, 11) is 0. The first kappa shape index (κ1) is 13.8. The average Bonchev–Trinajstić information content (AvgIpc) is 2.46. The number of carboxylic acid groups (broad SMARTS) is 1. The number of hydrogen-bond acceptors (Lipinski definition) is 3. The number of carbonyl (C=O) groups is 2. The standard InChI is InChI=1S/C16H14O4/c17-10-14-2-1-3-15(8-14)20-11-13-6-4-12(5-7-13)9-16(18)19/h1-8,10H,9,11H2,(H,18,19). The summed E-state index contributed by atoms with van der Waals surface area (Å²) in [5.74, 6) is -0.219. The number of carbonyl (C=O) groups excluding carboxylic acids is 1. The lowest BCUT2D eigenvalue weighted by Crippen LogP contribution is -2.01. The van der Waals surface area contributed by atoms with Crippen molar-refractivity contribution in [1.82, 2.24) is 0 Å². The van der Waals surface area contributed by atoms with Gasteiger partial charge in [-0.25, -0.2) is 0 Å². The minimum absolute atomic E-state index is 0.0164. The van der Waals surface area contributed by atoms with Crippen molar-refractivity contribution in [3.8, 4) is 5.75 Å². The second-order valence-electron chi connectivity index (χ2n) is 4.37. The molecule has 0 amide bonds. The molecule has 20 heavy (non-hydrogen) atoms. The highest BCUT2D eigenvalue weighted by Gasteiger charge is 2.01. The monoisotopic (exact) mass is 270 g/mol. The summed E-state index contributed by atoms with van der Waals surface area (Å²) >= 11 is 0. The van der Waals surface area contributed by atoms with Gasteiger partial charge in [0.25, 0.3) is 0 Å². The van der Waals surface area contributed by atoms with E-state index in [0.717, 1.165) is 17.4 Å². The van der Waals surface area contributed by atoms with Gasteiger partial charge in [-0.15, -0.1) is 0 Å². The molecule has 0 bridgehead atoms. The molecule has 0 aliphatic heterocycles. The summed E-state index contributed by atoms with van der Waals surface area (Å²) in [6.45, 7) is 0.371. The molecule has 102 valence electrons. The van der Waals surface area contributed by atoms with Crippen molar-refractivity contribution in [2.24, 2.45) is 0 Å². The van der Waals surface area contributed by atoms with E-state index >= 15 is 0 Å². The molecule has 0 radical (unpaired) electrons. The summed E-state index contributed by atoms with van der Waals surface area (Å²) in [5, 5.41) is 8.68. The summed E-state index contributed by atoms with van der Waals surface area (Å²) in [6, 6.07) is 14.1. The van der Waals surface area contributed by atoms with E-state index in [-0.39, 0.29) is 6.42 Å². The molecule has 4 heteroatoms. The van der Waals surface area contributed by atoms with Gasteiger partial charge in [-0.1, -0.05) is 36.4 Å².